The summed E-state index contributed by atoms with van der Waals surface area (Å²) in [6, 6.07) is 27.9. The van der Waals surface area contributed by atoms with Crippen LogP contribution in [-0.4, -0.2) is 33.8 Å². The van der Waals surface area contributed by atoms with Crippen LogP contribution < -0.4 is 0 Å². The van der Waals surface area contributed by atoms with Gasteiger partial charge in [-0.05, 0) is 60.1 Å². The summed E-state index contributed by atoms with van der Waals surface area (Å²) in [6.45, 7) is 16.9. The third-order valence-corrected chi connectivity index (χ3v) is 7.32. The first kappa shape index (κ1) is 36.2. The van der Waals surface area contributed by atoms with Crippen LogP contribution in [0.2, 0.25) is 0 Å². The standard InChI is InChI=1S/2C13H15N2.C12H13N2O.Ir/c2*1-10(2)15-8-13(14-9-15)12-7-5-4-6-11(12)3;1-9(2)14-7-11(13-8-14)10-5-3-4-6-12(10)15;/h2*4-6,8-10H,1-3H3;3-4,6-9,15H,1-2H3;/q3*-1;+3. The number of hydrogen-bond donors (Lipinski definition) is 1. The monoisotopic (exact) mass is 792 g/mol. The minimum atomic E-state index is 0. The zero-order valence-electron chi connectivity index (χ0n) is 27.9. The Morgan fingerprint density at radius 2 is 0.870 bits per heavy atom. The molecule has 0 saturated heterocycles. The second kappa shape index (κ2) is 16.9. The van der Waals surface area contributed by atoms with Crippen molar-refractivity contribution in [1.29, 1.82) is 0 Å². The van der Waals surface area contributed by atoms with E-state index < -0.39 is 0 Å². The molecule has 6 rings (SSSR count). The molecule has 0 unspecified atom stereocenters. The van der Waals surface area contributed by atoms with Crippen LogP contribution in [0.3, 0.4) is 0 Å². The van der Waals surface area contributed by atoms with Gasteiger partial charge >= 0.3 is 20.1 Å². The zero-order valence-corrected chi connectivity index (χ0v) is 30.3. The van der Waals surface area contributed by atoms with Gasteiger partial charge in [0.05, 0.1) is 19.0 Å². The molecular weight excluding hydrogens is 749 g/mol. The fourth-order valence-electron chi connectivity index (χ4n) is 4.47. The van der Waals surface area contributed by atoms with E-state index in [1.807, 2.05) is 47.7 Å². The van der Waals surface area contributed by atoms with E-state index in [-0.39, 0.29) is 25.9 Å². The maximum atomic E-state index is 9.63. The van der Waals surface area contributed by atoms with E-state index in [1.165, 1.54) is 11.1 Å². The van der Waals surface area contributed by atoms with Crippen LogP contribution in [0.15, 0.2) is 92.2 Å². The molecule has 0 aliphatic rings. The van der Waals surface area contributed by atoms with Crippen LogP contribution >= 0.6 is 0 Å². The fraction of sp³-hybridized carbons (Fsp3) is 0.289. The van der Waals surface area contributed by atoms with Gasteiger partial charge in [0.25, 0.3) is 0 Å². The quantitative estimate of drug-likeness (QED) is 0.171. The summed E-state index contributed by atoms with van der Waals surface area (Å²) >= 11 is 0. The number of phenols is 1. The van der Waals surface area contributed by atoms with Crippen molar-refractivity contribution in [3.05, 3.63) is 121 Å². The summed E-state index contributed by atoms with van der Waals surface area (Å²) in [5.74, 6) is 0.214. The molecule has 0 amide bonds. The largest absolute Gasteiger partial charge is 3.00 e. The first-order valence-corrected chi connectivity index (χ1v) is 15.3. The molecule has 240 valence electrons. The molecule has 0 aliphatic carbocycles. The molecule has 3 heterocycles. The molecule has 0 bridgehead atoms. The Labute approximate surface area is 287 Å². The Kier molecular flexibility index (Phi) is 13.3. The summed E-state index contributed by atoms with van der Waals surface area (Å²) in [6.07, 6.45) is 11.6. The molecule has 46 heavy (non-hydrogen) atoms. The maximum Gasteiger partial charge on any atom is 3.00 e. The third-order valence-electron chi connectivity index (χ3n) is 7.32. The maximum absolute atomic E-state index is 9.63. The topological polar surface area (TPSA) is 73.7 Å². The molecule has 7 nitrogen and oxygen atoms in total. The van der Waals surface area contributed by atoms with Crippen LogP contribution in [0.1, 0.15) is 70.8 Å². The molecule has 6 aromatic rings. The first-order valence-electron chi connectivity index (χ1n) is 15.3. The molecule has 0 atom stereocenters. The first-order chi connectivity index (χ1) is 21.5. The van der Waals surface area contributed by atoms with Crippen LogP contribution in [0.25, 0.3) is 33.8 Å². The molecule has 8 heteroatoms. The molecule has 3 aromatic heterocycles. The Balaban J connectivity index is 0.000000186. The molecule has 1 N–H and O–H groups in total. The number of aromatic hydroxyl groups is 1. The van der Waals surface area contributed by atoms with Gasteiger partial charge in [0, 0.05) is 41.0 Å². The average Bonchev–Trinajstić information content (AvgIpc) is 3.80. The number of aromatic nitrogens is 6. The zero-order chi connectivity index (χ0) is 32.5. The van der Waals surface area contributed by atoms with E-state index in [1.54, 1.807) is 24.5 Å². The number of nitrogens with zero attached hydrogens (tertiary/aromatic N) is 6. The molecule has 3 aromatic carbocycles. The number of phenolic OH excluding ortho intramolecular Hbond substituents is 1. The predicted octanol–water partition coefficient (Wildman–Crippen LogP) is 9.11. The van der Waals surface area contributed by atoms with Gasteiger partial charge < -0.3 is 18.8 Å². The normalized spacial score (nSPS) is 10.7. The van der Waals surface area contributed by atoms with Gasteiger partial charge in [-0.1, -0.05) is 19.4 Å². The minimum absolute atomic E-state index is 0. The van der Waals surface area contributed by atoms with Crippen LogP contribution in [0.4, 0.5) is 0 Å². The summed E-state index contributed by atoms with van der Waals surface area (Å²) in [7, 11) is 0. The minimum Gasteiger partial charge on any atom is -0.552 e. The Bertz CT molecular complexity index is 1590. The number of rotatable bonds is 6. The van der Waals surface area contributed by atoms with E-state index in [9.17, 15) is 5.11 Å². The summed E-state index contributed by atoms with van der Waals surface area (Å²) in [5, 5.41) is 9.63. The van der Waals surface area contributed by atoms with Crippen LogP contribution in [0.5, 0.6) is 5.75 Å². The number of aryl methyl sites for hydroxylation is 2. The average molecular weight is 792 g/mol. The van der Waals surface area contributed by atoms with Crippen molar-refractivity contribution in [2.45, 2.75) is 73.5 Å². The van der Waals surface area contributed by atoms with Gasteiger partial charge in [0.1, 0.15) is 0 Å². The van der Waals surface area contributed by atoms with E-state index in [0.29, 0.717) is 23.7 Å². The van der Waals surface area contributed by atoms with E-state index in [2.05, 4.69) is 122 Å². The summed E-state index contributed by atoms with van der Waals surface area (Å²) < 4.78 is 6.21. The Morgan fingerprint density at radius 1 is 0.543 bits per heavy atom. The van der Waals surface area contributed by atoms with Crippen molar-refractivity contribution >= 4 is 0 Å². The molecule has 0 spiro atoms. The fourth-order valence-corrected chi connectivity index (χ4v) is 4.47. The van der Waals surface area contributed by atoms with Crippen molar-refractivity contribution in [1.82, 2.24) is 28.7 Å². The number of hydrogen-bond acceptors (Lipinski definition) is 4. The molecule has 0 radical (unpaired) electrons. The van der Waals surface area contributed by atoms with Crippen molar-refractivity contribution in [3.63, 3.8) is 0 Å². The number of imidazole rings is 3. The van der Waals surface area contributed by atoms with Crippen molar-refractivity contribution in [2.24, 2.45) is 0 Å². The van der Waals surface area contributed by atoms with Crippen molar-refractivity contribution < 1.29 is 25.2 Å². The van der Waals surface area contributed by atoms with Gasteiger partial charge in [-0.15, -0.1) is 95.1 Å². The molecular formula is C38H43IrN6O. The van der Waals surface area contributed by atoms with E-state index >= 15 is 0 Å². The van der Waals surface area contributed by atoms with Gasteiger partial charge in [0.15, 0.2) is 0 Å². The number of benzene rings is 3. The van der Waals surface area contributed by atoms with Gasteiger partial charge in [-0.2, -0.15) is 0 Å². The molecule has 0 aliphatic heterocycles. The van der Waals surface area contributed by atoms with Crippen molar-refractivity contribution in [3.8, 4) is 39.5 Å². The Hall–Kier alpha value is -4.26. The predicted molar refractivity (Wildman–Crippen MR) is 182 cm³/mol. The Morgan fingerprint density at radius 3 is 1.17 bits per heavy atom. The van der Waals surface area contributed by atoms with Gasteiger partial charge in [-0.3, -0.25) is 15.0 Å². The van der Waals surface area contributed by atoms with Crippen LogP contribution in [-0.2, 0) is 20.1 Å². The van der Waals surface area contributed by atoms with Gasteiger partial charge in [0.2, 0.25) is 0 Å². The van der Waals surface area contributed by atoms with E-state index in [0.717, 1.165) is 28.2 Å². The molecule has 0 saturated carbocycles. The second-order valence-electron chi connectivity index (χ2n) is 11.8. The third kappa shape index (κ3) is 9.38. The smallest absolute Gasteiger partial charge is 0.552 e. The van der Waals surface area contributed by atoms with Gasteiger partial charge in [-0.25, -0.2) is 0 Å². The van der Waals surface area contributed by atoms with Crippen LogP contribution in [0, 0.1) is 32.0 Å². The van der Waals surface area contributed by atoms with Crippen molar-refractivity contribution in [2.75, 3.05) is 0 Å². The van der Waals surface area contributed by atoms with E-state index in [4.69, 9.17) is 0 Å². The summed E-state index contributed by atoms with van der Waals surface area (Å²) in [4.78, 5) is 13.0. The summed E-state index contributed by atoms with van der Waals surface area (Å²) in [5.41, 5.74) is 8.02. The SMILES string of the molecule is CC(C)n1cnc(-c2[c-]cccc2O)c1.Cc1ccc[c-]c1-c1cn(C(C)C)cn1.Cc1ccc[c-]c1-c1cn(C(C)C)cn1.[Ir+3]. The molecule has 0 fully saturated rings. The second-order valence-corrected chi connectivity index (χ2v) is 11.8.